The number of H-pyrrole nitrogens is 1. The molecule has 2 rings (SSSR count). The van der Waals surface area contributed by atoms with Crippen LogP contribution in [-0.4, -0.2) is 16.6 Å². The van der Waals surface area contributed by atoms with Gasteiger partial charge in [0.05, 0.1) is 6.61 Å². The zero-order valence-electron chi connectivity index (χ0n) is 8.52. The zero-order chi connectivity index (χ0) is 10.3. The molecule has 2 aromatic heterocycles. The smallest absolute Gasteiger partial charge is 0.190 e. The van der Waals surface area contributed by atoms with Gasteiger partial charge in [-0.3, -0.25) is 4.98 Å². The summed E-state index contributed by atoms with van der Waals surface area (Å²) in [6.07, 6.45) is 5.62. The van der Waals surface area contributed by atoms with Crippen molar-refractivity contribution in [2.75, 3.05) is 6.61 Å². The number of hydrogen-bond donors (Lipinski definition) is 1. The Balaban J connectivity index is 1.68. The van der Waals surface area contributed by atoms with Gasteiger partial charge in [-0.1, -0.05) is 6.07 Å². The maximum absolute atomic E-state index is 5.48. The highest BCUT2D eigenvalue weighted by Gasteiger charge is 1.95. The summed E-state index contributed by atoms with van der Waals surface area (Å²) in [5, 5.41) is 0. The molecule has 0 saturated carbocycles. The highest BCUT2D eigenvalue weighted by atomic mass is 16.5. The lowest BCUT2D eigenvalue weighted by Crippen LogP contribution is -2.00. The normalized spacial score (nSPS) is 10.1. The summed E-state index contributed by atoms with van der Waals surface area (Å²) in [4.78, 5) is 7.25. The fourth-order valence-electron chi connectivity index (χ4n) is 1.39. The zero-order valence-corrected chi connectivity index (χ0v) is 8.52. The molecule has 3 heteroatoms. The molecule has 0 aliphatic heterocycles. The van der Waals surface area contributed by atoms with Crippen LogP contribution in [0.3, 0.4) is 0 Å². The van der Waals surface area contributed by atoms with Crippen molar-refractivity contribution in [1.82, 2.24) is 9.97 Å². The number of hydrogen-bond acceptors (Lipinski definition) is 2. The van der Waals surface area contributed by atoms with E-state index in [4.69, 9.17) is 4.74 Å². The van der Waals surface area contributed by atoms with E-state index in [1.165, 1.54) is 0 Å². The molecular weight excluding hydrogens is 188 g/mol. The molecule has 3 nitrogen and oxygen atoms in total. The van der Waals surface area contributed by atoms with Crippen LogP contribution in [0, 0.1) is 0 Å². The van der Waals surface area contributed by atoms with Crippen LogP contribution >= 0.6 is 0 Å². The molecule has 0 aliphatic rings. The first-order valence-electron chi connectivity index (χ1n) is 5.11. The quantitative estimate of drug-likeness (QED) is 0.756. The van der Waals surface area contributed by atoms with Crippen molar-refractivity contribution < 1.29 is 4.74 Å². The van der Waals surface area contributed by atoms with E-state index in [1.54, 1.807) is 0 Å². The first-order chi connectivity index (χ1) is 7.45. The van der Waals surface area contributed by atoms with Gasteiger partial charge in [0, 0.05) is 18.1 Å². The highest BCUT2D eigenvalue weighted by molar-refractivity contribution is 5.09. The lowest BCUT2D eigenvalue weighted by Gasteiger charge is -2.02. The van der Waals surface area contributed by atoms with Gasteiger partial charge in [-0.2, -0.15) is 0 Å². The average molecular weight is 202 g/mol. The number of aromatic amines is 1. The van der Waals surface area contributed by atoms with Crippen LogP contribution in [0.5, 0.6) is 5.88 Å². The summed E-state index contributed by atoms with van der Waals surface area (Å²) in [5.74, 6) is 0.830. The van der Waals surface area contributed by atoms with Crippen LogP contribution in [0.2, 0.25) is 0 Å². The van der Waals surface area contributed by atoms with Gasteiger partial charge < -0.3 is 9.72 Å². The van der Waals surface area contributed by atoms with Gasteiger partial charge >= 0.3 is 0 Å². The second kappa shape index (κ2) is 5.20. The van der Waals surface area contributed by atoms with Crippen LogP contribution < -0.4 is 4.74 Å². The second-order valence-electron chi connectivity index (χ2n) is 3.31. The van der Waals surface area contributed by atoms with Crippen LogP contribution in [0.4, 0.5) is 0 Å². The van der Waals surface area contributed by atoms with E-state index in [0.717, 1.165) is 31.0 Å². The first-order valence-corrected chi connectivity index (χ1v) is 5.11. The summed E-state index contributed by atoms with van der Waals surface area (Å²) < 4.78 is 5.48. The minimum Gasteiger partial charge on any atom is -0.479 e. The van der Waals surface area contributed by atoms with Crippen LogP contribution in [0.15, 0.2) is 42.7 Å². The monoisotopic (exact) mass is 202 g/mol. The Hall–Kier alpha value is -1.77. The molecule has 2 aromatic rings. The number of aromatic nitrogens is 2. The molecule has 0 radical (unpaired) electrons. The van der Waals surface area contributed by atoms with Gasteiger partial charge in [-0.15, -0.1) is 0 Å². The van der Waals surface area contributed by atoms with Crippen molar-refractivity contribution >= 4 is 0 Å². The standard InChI is InChI=1S/C12H14N2O/c1-2-8-13-11(5-1)6-4-10-15-12-7-3-9-14-12/h1-3,5,7-9,14H,4,6,10H2. The molecular formula is C12H14N2O. The van der Waals surface area contributed by atoms with E-state index >= 15 is 0 Å². The second-order valence-corrected chi connectivity index (χ2v) is 3.31. The van der Waals surface area contributed by atoms with E-state index in [1.807, 2.05) is 42.7 Å². The SMILES string of the molecule is c1ccc(CCCOc2ccc[nH]2)nc1. The minimum atomic E-state index is 0.719. The third-order valence-corrected chi connectivity index (χ3v) is 2.13. The average Bonchev–Trinajstić information content (AvgIpc) is 2.79. The molecule has 0 aliphatic carbocycles. The summed E-state index contributed by atoms with van der Waals surface area (Å²) in [5.41, 5.74) is 1.12. The molecule has 0 aromatic carbocycles. The first kappa shape index (κ1) is 9.77. The van der Waals surface area contributed by atoms with Crippen molar-refractivity contribution in [3.05, 3.63) is 48.4 Å². The molecule has 0 fully saturated rings. The number of nitrogens with zero attached hydrogens (tertiary/aromatic N) is 1. The lowest BCUT2D eigenvalue weighted by molar-refractivity contribution is 0.300. The fraction of sp³-hybridized carbons (Fsp3) is 0.250. The van der Waals surface area contributed by atoms with Gasteiger partial charge in [0.25, 0.3) is 0 Å². The Morgan fingerprint density at radius 1 is 1.20 bits per heavy atom. The third kappa shape index (κ3) is 3.13. The van der Waals surface area contributed by atoms with Gasteiger partial charge in [-0.25, -0.2) is 0 Å². The molecule has 0 spiro atoms. The van der Waals surface area contributed by atoms with Crippen LogP contribution in [0.1, 0.15) is 12.1 Å². The Morgan fingerprint density at radius 2 is 2.20 bits per heavy atom. The van der Waals surface area contributed by atoms with Gasteiger partial charge in [0.15, 0.2) is 5.88 Å². The fourth-order valence-corrected chi connectivity index (χ4v) is 1.39. The van der Waals surface area contributed by atoms with Crippen LogP contribution in [-0.2, 0) is 6.42 Å². The molecule has 1 N–H and O–H groups in total. The maximum atomic E-state index is 5.48. The van der Waals surface area contributed by atoms with Gasteiger partial charge in [0.2, 0.25) is 0 Å². The van der Waals surface area contributed by atoms with Crippen molar-refractivity contribution in [3.8, 4) is 5.88 Å². The number of pyridine rings is 1. The van der Waals surface area contributed by atoms with E-state index in [9.17, 15) is 0 Å². The van der Waals surface area contributed by atoms with E-state index in [0.29, 0.717) is 0 Å². The van der Waals surface area contributed by atoms with Crippen molar-refractivity contribution in [2.24, 2.45) is 0 Å². The molecule has 2 heterocycles. The third-order valence-electron chi connectivity index (χ3n) is 2.13. The Bertz CT molecular complexity index is 370. The topological polar surface area (TPSA) is 37.9 Å². The van der Waals surface area contributed by atoms with Crippen LogP contribution in [0.25, 0.3) is 0 Å². The van der Waals surface area contributed by atoms with Crippen molar-refractivity contribution in [3.63, 3.8) is 0 Å². The van der Waals surface area contributed by atoms with Gasteiger partial charge in [-0.05, 0) is 37.1 Å². The number of aryl methyl sites for hydroxylation is 1. The summed E-state index contributed by atoms with van der Waals surface area (Å²) in [6, 6.07) is 9.82. The molecule has 0 saturated heterocycles. The van der Waals surface area contributed by atoms with Gasteiger partial charge in [0.1, 0.15) is 0 Å². The molecule has 0 atom stereocenters. The van der Waals surface area contributed by atoms with E-state index in [-0.39, 0.29) is 0 Å². The van der Waals surface area contributed by atoms with Crippen molar-refractivity contribution in [1.29, 1.82) is 0 Å². The summed E-state index contributed by atoms with van der Waals surface area (Å²) in [7, 11) is 0. The minimum absolute atomic E-state index is 0.719. The van der Waals surface area contributed by atoms with E-state index in [2.05, 4.69) is 9.97 Å². The van der Waals surface area contributed by atoms with E-state index < -0.39 is 0 Å². The summed E-state index contributed by atoms with van der Waals surface area (Å²) in [6.45, 7) is 0.719. The van der Waals surface area contributed by atoms with Crippen molar-refractivity contribution in [2.45, 2.75) is 12.8 Å². The maximum Gasteiger partial charge on any atom is 0.190 e. The molecule has 0 unspecified atom stereocenters. The largest absolute Gasteiger partial charge is 0.479 e. The predicted molar refractivity (Wildman–Crippen MR) is 58.8 cm³/mol. The predicted octanol–water partition coefficient (Wildman–Crippen LogP) is 2.42. The molecule has 15 heavy (non-hydrogen) atoms. The number of ether oxygens (including phenoxy) is 1. The Kier molecular flexibility index (Phi) is 3.38. The number of nitrogens with one attached hydrogen (secondary N) is 1. The highest BCUT2D eigenvalue weighted by Crippen LogP contribution is 2.05. The number of rotatable bonds is 5. The molecule has 0 bridgehead atoms. The Labute approximate surface area is 89.1 Å². The molecule has 78 valence electrons. The molecule has 0 amide bonds. The summed E-state index contributed by atoms with van der Waals surface area (Å²) >= 11 is 0. The Morgan fingerprint density at radius 3 is 2.93 bits per heavy atom. The lowest BCUT2D eigenvalue weighted by atomic mass is 10.2.